The summed E-state index contributed by atoms with van der Waals surface area (Å²) < 4.78 is 0. The Kier molecular flexibility index (Phi) is 2.93. The topological polar surface area (TPSA) is 104 Å². The summed E-state index contributed by atoms with van der Waals surface area (Å²) in [5, 5.41) is 26.6. The third-order valence-corrected chi connectivity index (χ3v) is 1.81. The Hall–Kier alpha value is -1.75. The summed E-state index contributed by atoms with van der Waals surface area (Å²) in [5.41, 5.74) is 5.86. The lowest BCUT2D eigenvalue weighted by molar-refractivity contribution is -0.138. The number of phenolic OH excluding ortho intramolecular Hbond substituents is 2. The Balaban J connectivity index is 2.78. The molecule has 5 nitrogen and oxygen atoms in total. The van der Waals surface area contributed by atoms with Gasteiger partial charge in [-0.2, -0.15) is 0 Å². The Morgan fingerprint density at radius 2 is 2.00 bits per heavy atom. The van der Waals surface area contributed by atoms with Crippen molar-refractivity contribution in [3.05, 3.63) is 23.8 Å². The fourth-order valence-corrected chi connectivity index (χ4v) is 1.04. The van der Waals surface area contributed by atoms with Crippen molar-refractivity contribution in [3.63, 3.8) is 0 Å². The average Bonchev–Trinajstić information content (AvgIpc) is 2.11. The predicted molar refractivity (Wildman–Crippen MR) is 49.1 cm³/mol. The van der Waals surface area contributed by atoms with E-state index in [1.165, 1.54) is 18.2 Å². The van der Waals surface area contributed by atoms with Crippen LogP contribution in [0.1, 0.15) is 5.56 Å². The van der Waals surface area contributed by atoms with Gasteiger partial charge < -0.3 is 21.1 Å². The minimum atomic E-state index is -1.10. The summed E-state index contributed by atoms with van der Waals surface area (Å²) in [6.07, 6.45) is 0.114. The molecule has 0 aliphatic carbocycles. The van der Waals surface area contributed by atoms with Crippen molar-refractivity contribution in [3.8, 4) is 11.5 Å². The highest BCUT2D eigenvalue weighted by Crippen LogP contribution is 2.25. The van der Waals surface area contributed by atoms with Crippen LogP contribution in [0.4, 0.5) is 0 Å². The molecular formula is C9H11NO4. The summed E-state index contributed by atoms with van der Waals surface area (Å²) in [6, 6.07) is 3.09. The Labute approximate surface area is 80.4 Å². The van der Waals surface area contributed by atoms with E-state index >= 15 is 0 Å². The molecule has 76 valence electrons. The highest BCUT2D eigenvalue weighted by Gasteiger charge is 2.12. The van der Waals surface area contributed by atoms with Gasteiger partial charge in [0, 0.05) is 0 Å². The van der Waals surface area contributed by atoms with Gasteiger partial charge in [-0.15, -0.1) is 0 Å². The molecule has 0 bridgehead atoms. The molecule has 0 radical (unpaired) electrons. The van der Waals surface area contributed by atoms with E-state index in [-0.39, 0.29) is 17.9 Å². The van der Waals surface area contributed by atoms with Crippen LogP contribution >= 0.6 is 0 Å². The zero-order valence-electron chi connectivity index (χ0n) is 7.34. The molecule has 5 N–H and O–H groups in total. The first-order valence-corrected chi connectivity index (χ1v) is 4.00. The molecule has 0 spiro atoms. The van der Waals surface area contributed by atoms with E-state index < -0.39 is 12.0 Å². The molecule has 0 saturated heterocycles. The van der Waals surface area contributed by atoms with E-state index in [9.17, 15) is 4.79 Å². The second-order valence-electron chi connectivity index (χ2n) is 2.97. The Morgan fingerprint density at radius 1 is 1.36 bits per heavy atom. The molecule has 0 heterocycles. The minimum absolute atomic E-state index is 0.114. The van der Waals surface area contributed by atoms with Gasteiger partial charge in [-0.1, -0.05) is 6.07 Å². The number of hydrogen-bond acceptors (Lipinski definition) is 4. The molecule has 0 fully saturated rings. The van der Waals surface area contributed by atoms with Gasteiger partial charge in [0.05, 0.1) is 0 Å². The zero-order valence-corrected chi connectivity index (χ0v) is 7.34. The summed E-state index contributed by atoms with van der Waals surface area (Å²) in [5.74, 6) is -1.62. The average molecular weight is 196 g/mol. The molecule has 0 aliphatic rings. The monoisotopic (exact) mass is 196 g/mol. The van der Waals surface area contributed by atoms with Gasteiger partial charge in [0.15, 0.2) is 11.5 Å². The lowest BCUT2D eigenvalue weighted by Gasteiger charge is -2.06. The van der Waals surface area contributed by atoms with Crippen LogP contribution in [0.3, 0.4) is 0 Å². The Bertz CT molecular complexity index is 351. The summed E-state index contributed by atoms with van der Waals surface area (Å²) >= 11 is 0. The van der Waals surface area contributed by atoms with E-state index in [4.69, 9.17) is 21.1 Å². The van der Waals surface area contributed by atoms with Crippen LogP contribution in [0.2, 0.25) is 0 Å². The molecule has 0 aliphatic heterocycles. The second kappa shape index (κ2) is 3.97. The molecule has 0 saturated carbocycles. The van der Waals surface area contributed by atoms with E-state index in [1.54, 1.807) is 0 Å². The summed E-state index contributed by atoms with van der Waals surface area (Å²) in [7, 11) is 0. The van der Waals surface area contributed by atoms with Crippen molar-refractivity contribution in [1.29, 1.82) is 0 Å². The number of aliphatic carboxylic acids is 1. The maximum absolute atomic E-state index is 10.4. The quantitative estimate of drug-likeness (QED) is 0.511. The maximum Gasteiger partial charge on any atom is 0.320 e. The lowest BCUT2D eigenvalue weighted by Crippen LogP contribution is -2.32. The van der Waals surface area contributed by atoms with Gasteiger partial charge in [-0.3, -0.25) is 4.79 Å². The Morgan fingerprint density at radius 3 is 2.50 bits per heavy atom. The first-order valence-electron chi connectivity index (χ1n) is 4.00. The number of nitrogens with two attached hydrogens (primary N) is 1. The smallest absolute Gasteiger partial charge is 0.320 e. The molecule has 0 amide bonds. The molecule has 5 heteroatoms. The molecule has 1 aromatic carbocycles. The first-order chi connectivity index (χ1) is 6.50. The molecule has 0 unspecified atom stereocenters. The lowest BCUT2D eigenvalue weighted by atomic mass is 9.73. The number of rotatable bonds is 3. The maximum atomic E-state index is 10.4. The first kappa shape index (κ1) is 10.3. The van der Waals surface area contributed by atoms with Crippen molar-refractivity contribution in [2.45, 2.75) is 12.5 Å². The normalized spacial score (nSPS) is 12.4. The van der Waals surface area contributed by atoms with Crippen LogP contribution < -0.4 is 5.73 Å². The predicted octanol–water partition coefficient (Wildman–Crippen LogP) is 0.0522. The van der Waals surface area contributed by atoms with Crippen LogP contribution in [0.5, 0.6) is 11.5 Å². The van der Waals surface area contributed by atoms with E-state index in [1.807, 2.05) is 0 Å². The van der Waals surface area contributed by atoms with E-state index in [2.05, 4.69) is 0 Å². The molecule has 14 heavy (non-hydrogen) atoms. The van der Waals surface area contributed by atoms with Gasteiger partial charge in [-0.05, 0) is 24.1 Å². The van der Waals surface area contributed by atoms with Gasteiger partial charge in [-0.25, -0.2) is 0 Å². The highest BCUT2D eigenvalue weighted by atomic mass is 16.4. The van der Waals surface area contributed by atoms with Gasteiger partial charge in [0.1, 0.15) is 6.04 Å². The van der Waals surface area contributed by atoms with Crippen LogP contribution in [-0.4, -0.2) is 27.3 Å². The summed E-state index contributed by atoms with van der Waals surface area (Å²) in [6.45, 7) is 0. The number of carboxylic acid groups (broad SMARTS) is 1. The number of hydrogen-bond donors (Lipinski definition) is 4. The number of carbonyl (C=O) groups is 1. The fraction of sp³-hybridized carbons (Fsp3) is 0.222. The van der Waals surface area contributed by atoms with E-state index in [0.717, 1.165) is 0 Å². The van der Waals surface area contributed by atoms with Crippen molar-refractivity contribution >= 4 is 5.97 Å². The standard InChI is InChI=1S/C9H11NO4/c10-6(9(13)14)3-5-1-2-7(11)8(12)4-5/h1-2,4,6,11-12H,3,10H2,(H,13,14)/t6-/m0/s1/i3-1. The highest BCUT2D eigenvalue weighted by molar-refractivity contribution is 5.73. The molecule has 1 rings (SSSR count). The third-order valence-electron chi connectivity index (χ3n) is 1.81. The van der Waals surface area contributed by atoms with E-state index in [0.29, 0.717) is 5.56 Å². The third kappa shape index (κ3) is 2.37. The summed E-state index contributed by atoms with van der Waals surface area (Å²) in [4.78, 5) is 10.4. The van der Waals surface area contributed by atoms with Crippen LogP contribution in [-0.2, 0) is 11.2 Å². The SMILES string of the molecule is N[C@@H]([11CH2]c1ccc(O)c(O)c1)C(=O)O. The number of phenols is 2. The van der Waals surface area contributed by atoms with Gasteiger partial charge in [0.25, 0.3) is 0 Å². The van der Waals surface area contributed by atoms with Crippen LogP contribution in [0, 0.1) is 0 Å². The zero-order chi connectivity index (χ0) is 10.7. The van der Waals surface area contributed by atoms with Gasteiger partial charge in [0.2, 0.25) is 0 Å². The molecule has 1 atom stereocenters. The van der Waals surface area contributed by atoms with Gasteiger partial charge >= 0.3 is 5.97 Å². The van der Waals surface area contributed by atoms with Crippen LogP contribution in [0.25, 0.3) is 0 Å². The fourth-order valence-electron chi connectivity index (χ4n) is 1.04. The van der Waals surface area contributed by atoms with Crippen molar-refractivity contribution < 1.29 is 20.1 Å². The van der Waals surface area contributed by atoms with Crippen molar-refractivity contribution in [1.82, 2.24) is 0 Å². The second-order valence-corrected chi connectivity index (χ2v) is 2.97. The molecule has 1 aromatic rings. The largest absolute Gasteiger partial charge is 0.504 e. The number of benzene rings is 1. The number of carboxylic acids is 1. The van der Waals surface area contributed by atoms with Crippen molar-refractivity contribution in [2.24, 2.45) is 5.73 Å². The van der Waals surface area contributed by atoms with Crippen molar-refractivity contribution in [2.75, 3.05) is 0 Å². The molecule has 0 aromatic heterocycles. The number of aromatic hydroxyl groups is 2. The van der Waals surface area contributed by atoms with Crippen LogP contribution in [0.15, 0.2) is 18.2 Å². The minimum Gasteiger partial charge on any atom is -0.504 e. The molecular weight excluding hydrogens is 185 g/mol.